The Morgan fingerprint density at radius 2 is 2.00 bits per heavy atom. The highest BCUT2D eigenvalue weighted by atomic mass is 32.1. The van der Waals surface area contributed by atoms with Crippen LogP contribution in [-0.2, 0) is 13.6 Å². The fourth-order valence-electron chi connectivity index (χ4n) is 4.04. The molecule has 34 heavy (non-hydrogen) atoms. The molecule has 0 amide bonds. The molecule has 0 spiro atoms. The maximum Gasteiger partial charge on any atom is 0.223 e. The van der Waals surface area contributed by atoms with E-state index < -0.39 is 0 Å². The summed E-state index contributed by atoms with van der Waals surface area (Å²) in [5.41, 5.74) is 5.01. The van der Waals surface area contributed by atoms with Crippen molar-refractivity contribution in [1.82, 2.24) is 29.6 Å². The molecule has 0 fully saturated rings. The standard InChI is InChI=1S/C24H27N7O2S/c1-14-8-21(27-20-7-6-17(22(28-20)32-5)16-9-25-31(4)10-16)29-23-18(14)11-30(3)12-19(33-23)24-26-15(2)13-34-24/h6-10,13,19H,11-12H2,1-5H3,(H,27,28,29). The number of aromatic nitrogens is 5. The van der Waals surface area contributed by atoms with Crippen LogP contribution >= 0.6 is 11.3 Å². The van der Waals surface area contributed by atoms with Crippen LogP contribution in [0.4, 0.5) is 11.6 Å². The Hall–Kier alpha value is -3.50. The van der Waals surface area contributed by atoms with Gasteiger partial charge in [0.2, 0.25) is 11.8 Å². The second-order valence-electron chi connectivity index (χ2n) is 8.52. The number of rotatable bonds is 5. The molecular formula is C24H27N7O2S. The van der Waals surface area contributed by atoms with E-state index in [4.69, 9.17) is 14.5 Å². The number of nitrogens with zero attached hydrogens (tertiary/aromatic N) is 6. The second-order valence-corrected chi connectivity index (χ2v) is 9.41. The maximum absolute atomic E-state index is 6.41. The first-order valence-electron chi connectivity index (χ1n) is 11.0. The first-order chi connectivity index (χ1) is 16.4. The van der Waals surface area contributed by atoms with Crippen molar-refractivity contribution in [3.63, 3.8) is 0 Å². The predicted molar refractivity (Wildman–Crippen MR) is 132 cm³/mol. The van der Waals surface area contributed by atoms with Gasteiger partial charge in [0.15, 0.2) is 6.10 Å². The number of methoxy groups -OCH3 is 1. The molecule has 0 radical (unpaired) electrons. The molecule has 1 aliphatic rings. The van der Waals surface area contributed by atoms with E-state index in [9.17, 15) is 0 Å². The molecule has 0 saturated carbocycles. The van der Waals surface area contributed by atoms with E-state index in [0.29, 0.717) is 23.4 Å². The molecule has 0 saturated heterocycles. The number of fused-ring (bicyclic) bond motifs is 1. The highest BCUT2D eigenvalue weighted by molar-refractivity contribution is 7.09. The van der Waals surface area contributed by atoms with Gasteiger partial charge in [0, 0.05) is 54.1 Å². The Morgan fingerprint density at radius 1 is 1.15 bits per heavy atom. The fourth-order valence-corrected chi connectivity index (χ4v) is 4.85. The van der Waals surface area contributed by atoms with Crippen LogP contribution in [0.15, 0.2) is 36.0 Å². The molecular weight excluding hydrogens is 450 g/mol. The molecule has 0 bridgehead atoms. The van der Waals surface area contributed by atoms with Gasteiger partial charge >= 0.3 is 0 Å². The quantitative estimate of drug-likeness (QED) is 0.456. The van der Waals surface area contributed by atoms with E-state index in [1.807, 2.05) is 38.4 Å². The third-order valence-electron chi connectivity index (χ3n) is 5.71. The Balaban J connectivity index is 1.44. The van der Waals surface area contributed by atoms with Gasteiger partial charge in [-0.05, 0) is 44.7 Å². The molecule has 10 heteroatoms. The van der Waals surface area contributed by atoms with Gasteiger partial charge in [-0.15, -0.1) is 11.3 Å². The van der Waals surface area contributed by atoms with E-state index in [2.05, 4.69) is 44.6 Å². The van der Waals surface area contributed by atoms with Crippen molar-refractivity contribution >= 4 is 23.0 Å². The number of anilines is 2. The van der Waals surface area contributed by atoms with Gasteiger partial charge in [-0.2, -0.15) is 15.1 Å². The lowest BCUT2D eigenvalue weighted by atomic mass is 10.1. The molecule has 5 rings (SSSR count). The van der Waals surface area contributed by atoms with Crippen LogP contribution in [0.3, 0.4) is 0 Å². The van der Waals surface area contributed by atoms with Crippen molar-refractivity contribution in [2.45, 2.75) is 26.5 Å². The highest BCUT2D eigenvalue weighted by Gasteiger charge is 2.27. The van der Waals surface area contributed by atoms with E-state index in [0.717, 1.165) is 46.0 Å². The zero-order valence-corrected chi connectivity index (χ0v) is 20.7. The SMILES string of the molecule is COc1nc(Nc2cc(C)c3c(n2)OC(c2nc(C)cs2)CN(C)C3)ccc1-c1cnn(C)c1. The molecule has 4 aromatic heterocycles. The molecule has 1 aliphatic heterocycles. The lowest BCUT2D eigenvalue weighted by molar-refractivity contribution is 0.159. The summed E-state index contributed by atoms with van der Waals surface area (Å²) >= 11 is 1.62. The number of nitrogens with one attached hydrogen (secondary N) is 1. The van der Waals surface area contributed by atoms with Crippen molar-refractivity contribution in [2.24, 2.45) is 7.05 Å². The minimum absolute atomic E-state index is 0.163. The highest BCUT2D eigenvalue weighted by Crippen LogP contribution is 2.35. The first-order valence-corrected chi connectivity index (χ1v) is 11.9. The summed E-state index contributed by atoms with van der Waals surface area (Å²) in [5.74, 6) is 2.44. The second kappa shape index (κ2) is 9.03. The molecule has 0 aliphatic carbocycles. The molecule has 4 aromatic rings. The number of likely N-dealkylation sites (N-methyl/N-ethyl adjacent to an activating group) is 1. The minimum atomic E-state index is -0.163. The van der Waals surface area contributed by atoms with Crippen LogP contribution in [0, 0.1) is 13.8 Å². The van der Waals surface area contributed by atoms with Gasteiger partial charge < -0.3 is 14.8 Å². The Bertz CT molecular complexity index is 1330. The summed E-state index contributed by atoms with van der Waals surface area (Å²) in [4.78, 5) is 16.3. The average molecular weight is 478 g/mol. The maximum atomic E-state index is 6.41. The van der Waals surface area contributed by atoms with Crippen LogP contribution in [0.1, 0.15) is 27.9 Å². The van der Waals surface area contributed by atoms with Crippen LogP contribution in [-0.4, -0.2) is 50.3 Å². The van der Waals surface area contributed by atoms with Gasteiger partial charge in [-0.3, -0.25) is 9.58 Å². The van der Waals surface area contributed by atoms with Gasteiger partial charge in [-0.25, -0.2) is 4.98 Å². The lowest BCUT2D eigenvalue weighted by Crippen LogP contribution is -2.24. The molecule has 1 N–H and O–H groups in total. The monoisotopic (exact) mass is 477 g/mol. The molecule has 1 unspecified atom stereocenters. The van der Waals surface area contributed by atoms with Crippen LogP contribution in [0.2, 0.25) is 0 Å². The molecule has 1 atom stereocenters. The van der Waals surface area contributed by atoms with E-state index in [-0.39, 0.29) is 6.10 Å². The third-order valence-corrected chi connectivity index (χ3v) is 6.76. The van der Waals surface area contributed by atoms with Crippen molar-refractivity contribution in [3.8, 4) is 22.9 Å². The molecule has 0 aromatic carbocycles. The van der Waals surface area contributed by atoms with Gasteiger partial charge in [0.05, 0.1) is 13.3 Å². The summed E-state index contributed by atoms with van der Waals surface area (Å²) in [6, 6.07) is 5.89. The molecule has 5 heterocycles. The smallest absolute Gasteiger partial charge is 0.223 e. The van der Waals surface area contributed by atoms with E-state index in [1.54, 1.807) is 29.3 Å². The minimum Gasteiger partial charge on any atom is -0.480 e. The first kappa shape index (κ1) is 22.3. The summed E-state index contributed by atoms with van der Waals surface area (Å²) in [7, 11) is 5.59. The van der Waals surface area contributed by atoms with Crippen molar-refractivity contribution in [3.05, 3.63) is 57.8 Å². The number of thiazole rings is 1. The van der Waals surface area contributed by atoms with Crippen LogP contribution in [0.5, 0.6) is 11.8 Å². The summed E-state index contributed by atoms with van der Waals surface area (Å²) in [6.45, 7) is 5.59. The number of pyridine rings is 2. The summed E-state index contributed by atoms with van der Waals surface area (Å²) in [6.07, 6.45) is 3.56. The number of hydrogen-bond donors (Lipinski definition) is 1. The Morgan fingerprint density at radius 3 is 2.71 bits per heavy atom. The zero-order chi connectivity index (χ0) is 23.8. The molecule has 176 valence electrons. The Kier molecular flexibility index (Phi) is 5.93. The average Bonchev–Trinajstić information content (AvgIpc) is 3.39. The zero-order valence-electron chi connectivity index (χ0n) is 19.9. The van der Waals surface area contributed by atoms with Crippen molar-refractivity contribution in [2.75, 3.05) is 26.0 Å². The van der Waals surface area contributed by atoms with E-state index >= 15 is 0 Å². The lowest BCUT2D eigenvalue weighted by Gasteiger charge is -2.17. The predicted octanol–water partition coefficient (Wildman–Crippen LogP) is 4.27. The van der Waals surface area contributed by atoms with Crippen molar-refractivity contribution < 1.29 is 9.47 Å². The normalized spacial score (nSPS) is 16.0. The third kappa shape index (κ3) is 4.46. The topological polar surface area (TPSA) is 90.2 Å². The van der Waals surface area contributed by atoms with Crippen molar-refractivity contribution in [1.29, 1.82) is 0 Å². The van der Waals surface area contributed by atoms with Crippen LogP contribution < -0.4 is 14.8 Å². The number of aryl methyl sites for hydroxylation is 3. The van der Waals surface area contributed by atoms with Gasteiger partial charge in [0.25, 0.3) is 0 Å². The summed E-state index contributed by atoms with van der Waals surface area (Å²) in [5, 5.41) is 10.6. The van der Waals surface area contributed by atoms with Gasteiger partial charge in [0.1, 0.15) is 16.6 Å². The largest absolute Gasteiger partial charge is 0.480 e. The van der Waals surface area contributed by atoms with Gasteiger partial charge in [-0.1, -0.05) is 0 Å². The molecule has 9 nitrogen and oxygen atoms in total. The Labute approximate surface area is 202 Å². The fraction of sp³-hybridized carbons (Fsp3) is 0.333. The van der Waals surface area contributed by atoms with Crippen LogP contribution in [0.25, 0.3) is 11.1 Å². The summed E-state index contributed by atoms with van der Waals surface area (Å²) < 4.78 is 13.7. The number of ether oxygens (including phenoxy) is 2. The number of hydrogen-bond acceptors (Lipinski definition) is 9. The van der Waals surface area contributed by atoms with E-state index in [1.165, 1.54) is 0 Å².